The van der Waals surface area contributed by atoms with Crippen molar-refractivity contribution in [3.05, 3.63) is 36.4 Å². The summed E-state index contributed by atoms with van der Waals surface area (Å²) < 4.78 is 27.3. The Morgan fingerprint density at radius 3 is 2.67 bits per heavy atom. The van der Waals surface area contributed by atoms with E-state index in [4.69, 9.17) is 0 Å². The molecule has 0 spiro atoms. The van der Waals surface area contributed by atoms with Crippen LogP contribution in [0.5, 0.6) is 0 Å². The Bertz CT molecular complexity index is 1010. The molecule has 27 heavy (non-hydrogen) atoms. The van der Waals surface area contributed by atoms with Gasteiger partial charge in [-0.25, -0.2) is 8.42 Å². The van der Waals surface area contributed by atoms with E-state index in [2.05, 4.69) is 5.32 Å². The van der Waals surface area contributed by atoms with Gasteiger partial charge in [-0.15, -0.1) is 0 Å². The van der Waals surface area contributed by atoms with Crippen LogP contribution < -0.4 is 9.62 Å². The van der Waals surface area contributed by atoms with Gasteiger partial charge in [-0.1, -0.05) is 30.7 Å². The Morgan fingerprint density at radius 2 is 1.93 bits per heavy atom. The number of carbonyl (C=O) groups excluding carboxylic acids is 1. The van der Waals surface area contributed by atoms with Gasteiger partial charge in [0.05, 0.1) is 10.6 Å². The van der Waals surface area contributed by atoms with Crippen molar-refractivity contribution < 1.29 is 13.2 Å². The van der Waals surface area contributed by atoms with Crippen molar-refractivity contribution in [1.82, 2.24) is 5.32 Å². The highest BCUT2D eigenvalue weighted by molar-refractivity contribution is 7.93. The fourth-order valence-electron chi connectivity index (χ4n) is 5.28. The van der Waals surface area contributed by atoms with Crippen LogP contribution in [-0.4, -0.2) is 26.9 Å². The summed E-state index contributed by atoms with van der Waals surface area (Å²) in [5.41, 5.74) is 0.733. The third-order valence-corrected chi connectivity index (χ3v) is 8.39. The Labute approximate surface area is 159 Å². The van der Waals surface area contributed by atoms with Crippen LogP contribution in [0.25, 0.3) is 10.8 Å². The molecule has 142 valence electrons. The minimum atomic E-state index is -3.52. The number of sulfonamides is 1. The maximum absolute atomic E-state index is 12.9. The summed E-state index contributed by atoms with van der Waals surface area (Å²) >= 11 is 0. The van der Waals surface area contributed by atoms with E-state index in [0.29, 0.717) is 36.2 Å². The van der Waals surface area contributed by atoms with E-state index >= 15 is 0 Å². The highest BCUT2D eigenvalue weighted by atomic mass is 32.2. The molecule has 0 radical (unpaired) electrons. The van der Waals surface area contributed by atoms with Crippen molar-refractivity contribution in [2.45, 2.75) is 49.5 Å². The second kappa shape index (κ2) is 6.23. The van der Waals surface area contributed by atoms with E-state index in [1.807, 2.05) is 24.3 Å². The molecule has 2 aliphatic carbocycles. The maximum Gasteiger partial charge on any atom is 0.265 e. The van der Waals surface area contributed by atoms with Gasteiger partial charge in [0, 0.05) is 24.4 Å². The summed E-state index contributed by atoms with van der Waals surface area (Å²) in [5.74, 6) is 1.51. The third kappa shape index (κ3) is 2.73. The molecule has 5 nitrogen and oxygen atoms in total. The van der Waals surface area contributed by atoms with Crippen molar-refractivity contribution >= 4 is 32.4 Å². The molecule has 0 aromatic heterocycles. The highest BCUT2D eigenvalue weighted by Gasteiger charge is 2.40. The van der Waals surface area contributed by atoms with E-state index < -0.39 is 10.0 Å². The van der Waals surface area contributed by atoms with Gasteiger partial charge in [0.1, 0.15) is 0 Å². The minimum Gasteiger partial charge on any atom is -0.353 e. The molecule has 1 heterocycles. The lowest BCUT2D eigenvalue weighted by atomic mass is 9.95. The first kappa shape index (κ1) is 17.0. The monoisotopic (exact) mass is 384 g/mol. The quantitative estimate of drug-likeness (QED) is 0.859. The average Bonchev–Trinajstić information content (AvgIpc) is 3.32. The molecule has 0 saturated heterocycles. The summed E-state index contributed by atoms with van der Waals surface area (Å²) in [6.45, 7) is 0.334. The van der Waals surface area contributed by atoms with Crippen LogP contribution in [0.4, 0.5) is 5.69 Å². The standard InChI is InChI=1S/C21H24N2O3S/c24-20(22-17-13-14-9-10-16(17)12-14)8-3-11-23-18-6-1-4-15-5-2-7-19(21(15)18)27(23,25)26/h1-2,4-7,14,16-17H,3,8-13H2,(H,22,24)/t14-,16-,17+/m0/s1. The second-order valence-corrected chi connectivity index (χ2v) is 9.99. The number of anilines is 1. The molecular formula is C21H24N2O3S. The van der Waals surface area contributed by atoms with Crippen molar-refractivity contribution in [2.75, 3.05) is 10.8 Å². The number of carbonyl (C=O) groups is 1. The number of hydrogen-bond acceptors (Lipinski definition) is 3. The smallest absolute Gasteiger partial charge is 0.265 e. The van der Waals surface area contributed by atoms with Crippen LogP contribution in [0, 0.1) is 11.8 Å². The molecule has 3 aliphatic rings. The zero-order valence-corrected chi connectivity index (χ0v) is 16.0. The van der Waals surface area contributed by atoms with Crippen molar-refractivity contribution in [3.63, 3.8) is 0 Å². The molecule has 2 bridgehead atoms. The minimum absolute atomic E-state index is 0.0554. The summed E-state index contributed by atoms with van der Waals surface area (Å²) in [4.78, 5) is 12.7. The summed E-state index contributed by atoms with van der Waals surface area (Å²) in [7, 11) is -3.52. The molecule has 2 aromatic carbocycles. The van der Waals surface area contributed by atoms with E-state index in [9.17, 15) is 13.2 Å². The molecule has 1 N–H and O–H groups in total. The number of fused-ring (bicyclic) bond motifs is 2. The van der Waals surface area contributed by atoms with Crippen LogP contribution in [0.1, 0.15) is 38.5 Å². The molecule has 1 aliphatic heterocycles. The molecular weight excluding hydrogens is 360 g/mol. The summed E-state index contributed by atoms with van der Waals surface area (Å²) in [6, 6.07) is 11.4. The number of nitrogens with one attached hydrogen (secondary N) is 1. The molecule has 1 amide bonds. The Balaban J connectivity index is 1.25. The Hall–Kier alpha value is -2.08. The van der Waals surface area contributed by atoms with Gasteiger partial charge >= 0.3 is 0 Å². The fraction of sp³-hybridized carbons (Fsp3) is 0.476. The molecule has 3 atom stereocenters. The van der Waals surface area contributed by atoms with Gasteiger partial charge < -0.3 is 5.32 Å². The summed E-state index contributed by atoms with van der Waals surface area (Å²) in [6.07, 6.45) is 5.83. The van der Waals surface area contributed by atoms with E-state index in [0.717, 1.165) is 28.8 Å². The number of nitrogens with zero attached hydrogens (tertiary/aromatic N) is 1. The number of amides is 1. The Kier molecular flexibility index (Phi) is 3.93. The zero-order valence-electron chi connectivity index (χ0n) is 15.2. The molecule has 5 rings (SSSR count). The lowest BCUT2D eigenvalue weighted by Crippen LogP contribution is -2.38. The van der Waals surface area contributed by atoms with Gasteiger partial charge in [-0.3, -0.25) is 9.10 Å². The first-order valence-electron chi connectivity index (χ1n) is 9.88. The van der Waals surface area contributed by atoms with Crippen LogP contribution >= 0.6 is 0 Å². The van der Waals surface area contributed by atoms with Crippen LogP contribution in [0.15, 0.2) is 41.3 Å². The predicted molar refractivity (Wildman–Crippen MR) is 105 cm³/mol. The largest absolute Gasteiger partial charge is 0.353 e. The van der Waals surface area contributed by atoms with Crippen molar-refractivity contribution in [2.24, 2.45) is 11.8 Å². The van der Waals surface area contributed by atoms with E-state index in [-0.39, 0.29) is 5.91 Å². The highest BCUT2D eigenvalue weighted by Crippen LogP contribution is 2.44. The van der Waals surface area contributed by atoms with Gasteiger partial charge in [-0.05, 0) is 55.0 Å². The molecule has 0 unspecified atom stereocenters. The fourth-order valence-corrected chi connectivity index (χ4v) is 7.03. The normalized spacial score (nSPS) is 27.4. The molecule has 6 heteroatoms. The van der Waals surface area contributed by atoms with Crippen LogP contribution in [-0.2, 0) is 14.8 Å². The molecule has 2 aromatic rings. The maximum atomic E-state index is 12.9. The summed E-state index contributed by atoms with van der Waals surface area (Å²) in [5, 5.41) is 4.92. The molecule has 2 saturated carbocycles. The van der Waals surface area contributed by atoms with E-state index in [1.54, 1.807) is 12.1 Å². The Morgan fingerprint density at radius 1 is 1.11 bits per heavy atom. The van der Waals surface area contributed by atoms with Gasteiger partial charge in [0.15, 0.2) is 0 Å². The number of benzene rings is 2. The van der Waals surface area contributed by atoms with Gasteiger partial charge in [0.2, 0.25) is 5.91 Å². The van der Waals surface area contributed by atoms with Crippen molar-refractivity contribution in [1.29, 1.82) is 0 Å². The van der Waals surface area contributed by atoms with Gasteiger partial charge in [-0.2, -0.15) is 0 Å². The lowest BCUT2D eigenvalue weighted by molar-refractivity contribution is -0.122. The third-order valence-electron chi connectivity index (χ3n) is 6.53. The topological polar surface area (TPSA) is 66.5 Å². The number of rotatable bonds is 5. The van der Waals surface area contributed by atoms with Crippen LogP contribution in [0.2, 0.25) is 0 Å². The predicted octanol–water partition coefficient (Wildman–Crippen LogP) is 3.43. The lowest BCUT2D eigenvalue weighted by Gasteiger charge is -2.23. The van der Waals surface area contributed by atoms with Gasteiger partial charge in [0.25, 0.3) is 10.0 Å². The average molecular weight is 385 g/mol. The molecule has 2 fully saturated rings. The first-order valence-corrected chi connectivity index (χ1v) is 11.3. The van der Waals surface area contributed by atoms with Crippen molar-refractivity contribution in [3.8, 4) is 0 Å². The zero-order chi connectivity index (χ0) is 18.6. The number of hydrogen-bond donors (Lipinski definition) is 1. The first-order chi connectivity index (χ1) is 13.0. The second-order valence-electron chi connectivity index (χ2n) is 8.16. The van der Waals surface area contributed by atoms with Crippen LogP contribution in [0.3, 0.4) is 0 Å². The SMILES string of the molecule is O=C(CCCN1c2cccc3cccc(c23)S1(=O)=O)N[C@@H]1C[C@H]2CC[C@H]1C2. The van der Waals surface area contributed by atoms with E-state index in [1.165, 1.54) is 23.6 Å².